The number of nitrogens with one attached hydrogen (secondary N) is 2. The van der Waals surface area contributed by atoms with Crippen LogP contribution in [0.4, 0.5) is 4.39 Å². The maximum absolute atomic E-state index is 12.9. The zero-order chi connectivity index (χ0) is 14.5. The molecule has 20 heavy (non-hydrogen) atoms. The minimum absolute atomic E-state index is 0.00183. The number of ether oxygens (including phenoxy) is 1. The molecule has 1 amide bonds. The van der Waals surface area contributed by atoms with E-state index in [4.69, 9.17) is 4.74 Å². The predicted molar refractivity (Wildman–Crippen MR) is 74.7 cm³/mol. The van der Waals surface area contributed by atoms with E-state index in [-0.39, 0.29) is 23.7 Å². The van der Waals surface area contributed by atoms with Crippen molar-refractivity contribution in [3.63, 3.8) is 0 Å². The van der Waals surface area contributed by atoms with Gasteiger partial charge in [-0.2, -0.15) is 0 Å². The molecule has 110 valence electrons. The highest BCUT2D eigenvalue weighted by Gasteiger charge is 2.28. The number of methoxy groups -OCH3 is 1. The summed E-state index contributed by atoms with van der Waals surface area (Å²) in [4.78, 5) is 12.0. The van der Waals surface area contributed by atoms with E-state index >= 15 is 0 Å². The third-order valence-electron chi connectivity index (χ3n) is 3.92. The van der Waals surface area contributed by atoms with E-state index in [1.54, 1.807) is 19.2 Å². The zero-order valence-electron chi connectivity index (χ0n) is 11.9. The second-order valence-electron chi connectivity index (χ2n) is 5.23. The van der Waals surface area contributed by atoms with Gasteiger partial charge in [0.1, 0.15) is 5.82 Å². The van der Waals surface area contributed by atoms with E-state index in [9.17, 15) is 9.18 Å². The second-order valence-corrected chi connectivity index (χ2v) is 5.23. The molecule has 1 saturated heterocycles. The van der Waals surface area contributed by atoms with Gasteiger partial charge >= 0.3 is 0 Å². The van der Waals surface area contributed by atoms with E-state index in [1.165, 1.54) is 12.1 Å². The van der Waals surface area contributed by atoms with Crippen LogP contribution in [0.5, 0.6) is 0 Å². The van der Waals surface area contributed by atoms with Crippen LogP contribution in [0.25, 0.3) is 0 Å². The molecular weight excluding hydrogens is 259 g/mol. The summed E-state index contributed by atoms with van der Waals surface area (Å²) in [5.41, 5.74) is 0.854. The summed E-state index contributed by atoms with van der Waals surface area (Å²) in [5, 5.41) is 6.07. The lowest BCUT2D eigenvalue weighted by Crippen LogP contribution is -2.50. The molecule has 0 bridgehead atoms. The number of halogens is 1. The largest absolute Gasteiger partial charge is 0.375 e. The summed E-state index contributed by atoms with van der Waals surface area (Å²) >= 11 is 0. The van der Waals surface area contributed by atoms with Crippen molar-refractivity contribution in [2.45, 2.75) is 13.0 Å². The maximum Gasteiger partial charge on any atom is 0.223 e. The van der Waals surface area contributed by atoms with Gasteiger partial charge in [-0.1, -0.05) is 19.1 Å². The number of hydrogen-bond donors (Lipinski definition) is 2. The molecule has 1 aliphatic heterocycles. The van der Waals surface area contributed by atoms with Crippen molar-refractivity contribution in [3.8, 4) is 0 Å². The Labute approximate surface area is 118 Å². The molecule has 5 heteroatoms. The van der Waals surface area contributed by atoms with Crippen LogP contribution in [0.1, 0.15) is 18.6 Å². The fraction of sp³-hybridized carbons (Fsp3) is 0.533. The molecule has 2 atom stereocenters. The monoisotopic (exact) mass is 280 g/mol. The Bertz CT molecular complexity index is 446. The number of rotatable bonds is 6. The van der Waals surface area contributed by atoms with Crippen LogP contribution in [0, 0.1) is 17.7 Å². The molecule has 1 aromatic carbocycles. The van der Waals surface area contributed by atoms with E-state index < -0.39 is 0 Å². The molecule has 2 N–H and O–H groups in total. The zero-order valence-corrected chi connectivity index (χ0v) is 11.9. The van der Waals surface area contributed by atoms with Gasteiger partial charge in [-0.05, 0) is 36.7 Å². The number of hydrogen-bond acceptors (Lipinski definition) is 3. The predicted octanol–water partition coefficient (Wildman–Crippen LogP) is 1.48. The Morgan fingerprint density at radius 1 is 1.45 bits per heavy atom. The highest BCUT2D eigenvalue weighted by atomic mass is 19.1. The van der Waals surface area contributed by atoms with Gasteiger partial charge in [0.25, 0.3) is 0 Å². The van der Waals surface area contributed by atoms with Crippen LogP contribution < -0.4 is 10.6 Å². The van der Waals surface area contributed by atoms with Crippen molar-refractivity contribution in [3.05, 3.63) is 35.6 Å². The van der Waals surface area contributed by atoms with Crippen LogP contribution in [-0.4, -0.2) is 32.7 Å². The molecular formula is C15H21FN2O2. The van der Waals surface area contributed by atoms with Crippen molar-refractivity contribution in [2.75, 3.05) is 26.7 Å². The molecule has 2 rings (SSSR count). The first-order chi connectivity index (χ1) is 9.61. The third kappa shape index (κ3) is 3.55. The standard InChI is InChI=1S/C15H21FN2O2/c1-10(12-7-17-8-12)15(19)18-9-14(20-2)11-3-5-13(16)6-4-11/h3-6,10,12,14,17H,7-9H2,1-2H3,(H,18,19). The summed E-state index contributed by atoms with van der Waals surface area (Å²) in [6, 6.07) is 6.14. The maximum atomic E-state index is 12.9. The lowest BCUT2D eigenvalue weighted by Gasteiger charge is -2.32. The molecule has 1 aliphatic rings. The Hall–Kier alpha value is -1.46. The van der Waals surface area contributed by atoms with Gasteiger partial charge in [-0.25, -0.2) is 4.39 Å². The van der Waals surface area contributed by atoms with Gasteiger partial charge in [-0.15, -0.1) is 0 Å². The first kappa shape index (κ1) is 14.9. The molecule has 0 aromatic heterocycles. The number of carbonyl (C=O) groups is 1. The highest BCUT2D eigenvalue weighted by Crippen LogP contribution is 2.18. The first-order valence-corrected chi connectivity index (χ1v) is 6.88. The van der Waals surface area contributed by atoms with Gasteiger partial charge in [0.2, 0.25) is 5.91 Å². The van der Waals surface area contributed by atoms with Crippen LogP contribution in [0.3, 0.4) is 0 Å². The lowest BCUT2D eigenvalue weighted by atomic mass is 9.88. The first-order valence-electron chi connectivity index (χ1n) is 6.88. The third-order valence-corrected chi connectivity index (χ3v) is 3.92. The van der Waals surface area contributed by atoms with Crippen molar-refractivity contribution in [1.29, 1.82) is 0 Å². The van der Waals surface area contributed by atoms with Gasteiger partial charge < -0.3 is 15.4 Å². The smallest absolute Gasteiger partial charge is 0.223 e. The molecule has 1 heterocycles. The van der Waals surface area contributed by atoms with Crippen molar-refractivity contribution in [2.24, 2.45) is 11.8 Å². The summed E-state index contributed by atoms with van der Waals surface area (Å²) in [6.45, 7) is 4.15. The minimum Gasteiger partial charge on any atom is -0.375 e. The molecule has 1 fully saturated rings. The minimum atomic E-state index is -0.279. The molecule has 0 spiro atoms. The molecule has 0 saturated carbocycles. The summed E-state index contributed by atoms with van der Waals surface area (Å²) in [6.07, 6.45) is -0.258. The van der Waals surface area contributed by atoms with Gasteiger partial charge in [-0.3, -0.25) is 4.79 Å². The van der Waals surface area contributed by atoms with E-state index in [0.29, 0.717) is 12.5 Å². The van der Waals surface area contributed by atoms with E-state index in [1.807, 2.05) is 6.92 Å². The molecule has 0 radical (unpaired) electrons. The van der Waals surface area contributed by atoms with Crippen molar-refractivity contribution in [1.82, 2.24) is 10.6 Å². The summed E-state index contributed by atoms with van der Waals surface area (Å²) in [5.74, 6) is 0.184. The Morgan fingerprint density at radius 2 is 2.10 bits per heavy atom. The van der Waals surface area contributed by atoms with Crippen LogP contribution in [0.15, 0.2) is 24.3 Å². The van der Waals surface area contributed by atoms with Crippen LogP contribution in [0.2, 0.25) is 0 Å². The average molecular weight is 280 g/mol. The van der Waals surface area contributed by atoms with E-state index in [0.717, 1.165) is 18.7 Å². The SMILES string of the molecule is COC(CNC(=O)C(C)C1CNC1)c1ccc(F)cc1. The average Bonchev–Trinajstić information content (AvgIpc) is 2.39. The Morgan fingerprint density at radius 3 is 2.60 bits per heavy atom. The number of amides is 1. The molecule has 2 unspecified atom stereocenters. The van der Waals surface area contributed by atoms with Gasteiger partial charge in [0, 0.05) is 19.6 Å². The van der Waals surface area contributed by atoms with Crippen LogP contribution >= 0.6 is 0 Å². The van der Waals surface area contributed by atoms with Crippen LogP contribution in [-0.2, 0) is 9.53 Å². The lowest BCUT2D eigenvalue weighted by molar-refractivity contribution is -0.127. The van der Waals surface area contributed by atoms with E-state index in [2.05, 4.69) is 10.6 Å². The molecule has 1 aromatic rings. The van der Waals surface area contributed by atoms with Gasteiger partial charge in [0.05, 0.1) is 6.10 Å². The molecule has 0 aliphatic carbocycles. The van der Waals surface area contributed by atoms with Crippen molar-refractivity contribution < 1.29 is 13.9 Å². The summed E-state index contributed by atoms with van der Waals surface area (Å²) in [7, 11) is 1.58. The van der Waals surface area contributed by atoms with Crippen molar-refractivity contribution >= 4 is 5.91 Å². The number of carbonyl (C=O) groups excluding carboxylic acids is 1. The molecule has 4 nitrogen and oxygen atoms in total. The Balaban J connectivity index is 1.86. The fourth-order valence-corrected chi connectivity index (χ4v) is 2.25. The number of benzene rings is 1. The quantitative estimate of drug-likeness (QED) is 0.830. The fourth-order valence-electron chi connectivity index (χ4n) is 2.25. The Kier molecular flexibility index (Phi) is 5.09. The van der Waals surface area contributed by atoms with Gasteiger partial charge in [0.15, 0.2) is 0 Å². The topological polar surface area (TPSA) is 50.4 Å². The highest BCUT2D eigenvalue weighted by molar-refractivity contribution is 5.78. The second kappa shape index (κ2) is 6.81. The summed E-state index contributed by atoms with van der Waals surface area (Å²) < 4.78 is 18.2. The normalized spacial score (nSPS) is 18.1.